The third-order valence-corrected chi connectivity index (χ3v) is 9.96. The van der Waals surface area contributed by atoms with Crippen molar-refractivity contribution in [2.75, 3.05) is 4.90 Å². The fourth-order valence-electron chi connectivity index (χ4n) is 7.04. The molecular weight excluding hydrogens is 615 g/mol. The third-order valence-electron chi connectivity index (χ3n) is 9.96. The molecule has 7 aromatic rings. The van der Waals surface area contributed by atoms with Gasteiger partial charge in [0.1, 0.15) is 22.9 Å². The normalized spacial score (nSPS) is 12.9. The minimum Gasteiger partial charge on any atom is -0.282 e. The quantitative estimate of drug-likeness (QED) is 0.183. The molecule has 3 aromatic carbocycles. The van der Waals surface area contributed by atoms with Crippen LogP contribution in [-0.4, -0.2) is 28.7 Å². The molecule has 0 fully saturated rings. The van der Waals surface area contributed by atoms with Crippen LogP contribution in [0, 0.1) is 20.8 Å². The summed E-state index contributed by atoms with van der Waals surface area (Å²) in [6.07, 6.45) is 0. The van der Waals surface area contributed by atoms with Gasteiger partial charge in [0.25, 0.3) is 0 Å². The molecule has 4 heterocycles. The molecule has 258 valence electrons. The Balaban J connectivity index is 1.59. The molecule has 7 rings (SSSR count). The molecule has 0 saturated carbocycles. The van der Waals surface area contributed by atoms with Crippen molar-refractivity contribution in [2.24, 2.45) is 0 Å². The van der Waals surface area contributed by atoms with E-state index < -0.39 is 0 Å². The van der Waals surface area contributed by atoms with E-state index in [-0.39, 0.29) is 10.8 Å². The lowest BCUT2D eigenvalue weighted by molar-refractivity contribution is 0.537. The summed E-state index contributed by atoms with van der Waals surface area (Å²) >= 11 is 0. The molecule has 0 aliphatic rings. The first-order valence-corrected chi connectivity index (χ1v) is 18.0. The van der Waals surface area contributed by atoms with E-state index >= 15 is 0 Å². The summed E-state index contributed by atoms with van der Waals surface area (Å²) in [6, 6.07) is 22.0. The Bertz CT molecular complexity index is 2280. The van der Waals surface area contributed by atoms with Crippen LogP contribution in [0.3, 0.4) is 0 Å². The second kappa shape index (κ2) is 11.6. The topological polar surface area (TPSA) is 63.6 Å². The second-order valence-corrected chi connectivity index (χ2v) is 16.8. The lowest BCUT2D eigenvalue weighted by Gasteiger charge is -2.24. The van der Waals surface area contributed by atoms with Crippen molar-refractivity contribution in [3.05, 3.63) is 100 Å². The number of imidazole rings is 2. The van der Waals surface area contributed by atoms with Gasteiger partial charge >= 0.3 is 0 Å². The number of aromatic nitrogens is 6. The van der Waals surface area contributed by atoms with Gasteiger partial charge in [0.15, 0.2) is 11.6 Å². The average Bonchev–Trinajstić information content (AvgIpc) is 3.57. The number of nitrogens with zero attached hydrogens (tertiary/aromatic N) is 7. The van der Waals surface area contributed by atoms with Crippen molar-refractivity contribution in [3.63, 3.8) is 0 Å². The molecule has 0 atom stereocenters. The van der Waals surface area contributed by atoms with Gasteiger partial charge in [0, 0.05) is 27.3 Å². The van der Waals surface area contributed by atoms with Crippen LogP contribution in [0.15, 0.2) is 60.7 Å². The van der Waals surface area contributed by atoms with Crippen molar-refractivity contribution >= 4 is 50.4 Å². The summed E-state index contributed by atoms with van der Waals surface area (Å²) in [5.74, 6) is 4.46. The van der Waals surface area contributed by atoms with Crippen LogP contribution in [0.5, 0.6) is 0 Å². The molecule has 0 aliphatic heterocycles. The largest absolute Gasteiger partial charge is 0.282 e. The summed E-state index contributed by atoms with van der Waals surface area (Å²) in [5.41, 5.74) is 10.1. The fourth-order valence-corrected chi connectivity index (χ4v) is 7.04. The predicted octanol–water partition coefficient (Wildman–Crippen LogP) is 11.3. The van der Waals surface area contributed by atoms with Crippen LogP contribution in [0.2, 0.25) is 0 Å². The maximum atomic E-state index is 5.52. The highest BCUT2D eigenvalue weighted by Crippen LogP contribution is 2.42. The van der Waals surface area contributed by atoms with Crippen molar-refractivity contribution in [1.29, 1.82) is 0 Å². The van der Waals surface area contributed by atoms with Crippen LogP contribution in [-0.2, 0) is 10.8 Å². The van der Waals surface area contributed by atoms with Crippen molar-refractivity contribution < 1.29 is 0 Å². The Morgan fingerprint density at radius 2 is 0.940 bits per heavy atom. The number of benzene rings is 3. The Morgan fingerprint density at radius 3 is 1.30 bits per heavy atom. The Labute approximate surface area is 296 Å². The van der Waals surface area contributed by atoms with E-state index in [0.29, 0.717) is 11.8 Å². The summed E-state index contributed by atoms with van der Waals surface area (Å²) in [6.45, 7) is 28.7. The fraction of sp³-hybridized carbons (Fsp3) is 0.395. The van der Waals surface area contributed by atoms with Crippen LogP contribution in [0.25, 0.3) is 33.1 Å². The standard InChI is InChI=1S/C43H51N7/c1-24(2)29-16-20-32-34(22-29)44-40(42(8,9)10)48-27(6)36(46-38(32)48)50(31-18-14-26(5)15-19-31)37-28(7)49-39(47-37)33-21-17-30(25(3)4)23-35(33)45-41(49)43(11,12)13/h14-25H,1-13H3. The molecule has 0 saturated heterocycles. The SMILES string of the molecule is Cc1ccc(N(c2nc3c4ccc(C(C)C)cc4nc(C(C)(C)C)n3c2C)c2nc3c4ccc(C(C)C)cc4nc(C(C)(C)C)n3c2C)cc1. The van der Waals surface area contributed by atoms with Gasteiger partial charge in [-0.25, -0.2) is 19.9 Å². The molecular formula is C43H51N7. The highest BCUT2D eigenvalue weighted by Gasteiger charge is 2.31. The number of hydrogen-bond acceptors (Lipinski definition) is 5. The zero-order valence-corrected chi connectivity index (χ0v) is 32.1. The lowest BCUT2D eigenvalue weighted by Crippen LogP contribution is -2.20. The van der Waals surface area contributed by atoms with Crippen molar-refractivity contribution in [2.45, 2.75) is 113 Å². The maximum Gasteiger partial charge on any atom is 0.161 e. The molecule has 0 spiro atoms. The summed E-state index contributed by atoms with van der Waals surface area (Å²) in [5, 5.41) is 2.08. The maximum absolute atomic E-state index is 5.52. The molecule has 7 heteroatoms. The lowest BCUT2D eigenvalue weighted by atomic mass is 9.94. The molecule has 0 amide bonds. The molecule has 50 heavy (non-hydrogen) atoms. The van der Waals surface area contributed by atoms with E-state index in [1.807, 2.05) is 0 Å². The molecule has 0 radical (unpaired) electrons. The Morgan fingerprint density at radius 1 is 0.540 bits per heavy atom. The Hall–Kier alpha value is -4.78. The monoisotopic (exact) mass is 665 g/mol. The van der Waals surface area contributed by atoms with E-state index in [2.05, 4.69) is 164 Å². The zero-order valence-electron chi connectivity index (χ0n) is 32.1. The predicted molar refractivity (Wildman–Crippen MR) is 209 cm³/mol. The first kappa shape index (κ1) is 33.7. The Kier molecular flexibility index (Phi) is 7.85. The van der Waals surface area contributed by atoms with Gasteiger partial charge in [-0.1, -0.05) is 99.1 Å². The van der Waals surface area contributed by atoms with Crippen molar-refractivity contribution in [3.8, 4) is 0 Å². The van der Waals surface area contributed by atoms with Gasteiger partial charge in [-0.2, -0.15) is 0 Å². The number of aryl methyl sites for hydroxylation is 3. The van der Waals surface area contributed by atoms with Crippen LogP contribution < -0.4 is 4.90 Å². The van der Waals surface area contributed by atoms with E-state index in [1.165, 1.54) is 16.7 Å². The molecule has 0 aliphatic carbocycles. The summed E-state index contributed by atoms with van der Waals surface area (Å²) < 4.78 is 4.54. The van der Waals surface area contributed by atoms with E-state index in [4.69, 9.17) is 19.9 Å². The van der Waals surface area contributed by atoms with E-state index in [9.17, 15) is 0 Å². The van der Waals surface area contributed by atoms with Crippen LogP contribution in [0.1, 0.15) is 121 Å². The molecule has 4 aromatic heterocycles. The minimum atomic E-state index is -0.224. The number of rotatable bonds is 5. The highest BCUT2D eigenvalue weighted by molar-refractivity contribution is 5.96. The van der Waals surface area contributed by atoms with Gasteiger partial charge in [-0.15, -0.1) is 0 Å². The molecule has 0 bridgehead atoms. The van der Waals surface area contributed by atoms with Crippen LogP contribution >= 0.6 is 0 Å². The molecule has 0 unspecified atom stereocenters. The van der Waals surface area contributed by atoms with Gasteiger partial charge in [-0.3, -0.25) is 13.7 Å². The van der Waals surface area contributed by atoms with Gasteiger partial charge in [0.05, 0.1) is 22.4 Å². The van der Waals surface area contributed by atoms with E-state index in [0.717, 1.165) is 73.5 Å². The third kappa shape index (κ3) is 5.42. The second-order valence-electron chi connectivity index (χ2n) is 16.8. The van der Waals surface area contributed by atoms with Crippen molar-refractivity contribution in [1.82, 2.24) is 28.7 Å². The van der Waals surface area contributed by atoms with Gasteiger partial charge in [-0.05, 0) is 80.1 Å². The van der Waals surface area contributed by atoms with E-state index in [1.54, 1.807) is 0 Å². The number of hydrogen-bond donors (Lipinski definition) is 0. The number of fused-ring (bicyclic) bond motifs is 6. The van der Waals surface area contributed by atoms with Gasteiger partial charge < -0.3 is 0 Å². The first-order valence-electron chi connectivity index (χ1n) is 18.0. The average molecular weight is 666 g/mol. The smallest absolute Gasteiger partial charge is 0.161 e. The number of anilines is 3. The first-order chi connectivity index (χ1) is 23.5. The van der Waals surface area contributed by atoms with Gasteiger partial charge in [0.2, 0.25) is 0 Å². The zero-order chi connectivity index (χ0) is 36.0. The van der Waals surface area contributed by atoms with Crippen LogP contribution in [0.4, 0.5) is 17.3 Å². The molecule has 0 N–H and O–H groups in total. The minimum absolute atomic E-state index is 0.224. The summed E-state index contributed by atoms with van der Waals surface area (Å²) in [7, 11) is 0. The summed E-state index contributed by atoms with van der Waals surface area (Å²) in [4.78, 5) is 23.9. The highest BCUT2D eigenvalue weighted by atomic mass is 15.3. The molecule has 7 nitrogen and oxygen atoms in total.